The van der Waals surface area contributed by atoms with Crippen LogP contribution in [0.25, 0.3) is 0 Å². The number of ketones is 1. The summed E-state index contributed by atoms with van der Waals surface area (Å²) in [7, 11) is 1.84. The van der Waals surface area contributed by atoms with Crippen LogP contribution in [0.2, 0.25) is 0 Å². The molecule has 2 heterocycles. The van der Waals surface area contributed by atoms with Gasteiger partial charge in [0, 0.05) is 43.2 Å². The van der Waals surface area contributed by atoms with Crippen LogP contribution in [0.4, 0.5) is 0 Å². The van der Waals surface area contributed by atoms with Crippen molar-refractivity contribution in [3.05, 3.63) is 34.3 Å². The third kappa shape index (κ3) is 2.86. The van der Waals surface area contributed by atoms with Gasteiger partial charge in [-0.1, -0.05) is 0 Å². The van der Waals surface area contributed by atoms with Crippen molar-refractivity contribution < 1.29 is 19.1 Å². The Kier molecular flexibility index (Phi) is 4.76. The molecule has 0 N–H and O–H groups in total. The Morgan fingerprint density at radius 3 is 2.67 bits per heavy atom. The highest BCUT2D eigenvalue weighted by Gasteiger charge is 2.32. The van der Waals surface area contributed by atoms with Crippen molar-refractivity contribution >= 4 is 11.8 Å². The average Bonchev–Trinajstić information content (AvgIpc) is 2.83. The normalized spacial score (nSPS) is 19.5. The molecule has 0 amide bonds. The Bertz CT molecular complexity index is 696. The van der Waals surface area contributed by atoms with E-state index in [1.165, 1.54) is 0 Å². The predicted molar refractivity (Wildman–Crippen MR) is 89.2 cm³/mol. The zero-order valence-electron chi connectivity index (χ0n) is 14.6. The molecule has 2 aliphatic rings. The van der Waals surface area contributed by atoms with Crippen molar-refractivity contribution in [1.29, 1.82) is 0 Å². The summed E-state index contributed by atoms with van der Waals surface area (Å²) < 4.78 is 12.3. The number of hydrogen-bond acceptors (Lipinski definition) is 5. The van der Waals surface area contributed by atoms with Gasteiger partial charge in [0.2, 0.25) is 0 Å². The summed E-state index contributed by atoms with van der Waals surface area (Å²) in [4.78, 5) is 27.3. The average molecular weight is 332 g/mol. The van der Waals surface area contributed by atoms with Crippen molar-refractivity contribution in [2.45, 2.75) is 26.7 Å². The monoisotopic (exact) mass is 332 g/mol. The second-order valence-corrected chi connectivity index (χ2v) is 6.21. The molecule has 0 atom stereocenters. The maximum atomic E-state index is 13.0. The van der Waals surface area contributed by atoms with Crippen LogP contribution in [0.3, 0.4) is 0 Å². The van der Waals surface area contributed by atoms with Gasteiger partial charge in [-0.25, -0.2) is 4.79 Å². The molecule has 1 aromatic heterocycles. The van der Waals surface area contributed by atoms with Crippen LogP contribution < -0.4 is 0 Å². The zero-order valence-corrected chi connectivity index (χ0v) is 14.6. The van der Waals surface area contributed by atoms with E-state index in [4.69, 9.17) is 9.47 Å². The number of ether oxygens (including phenoxy) is 2. The molecule has 130 valence electrons. The third-order valence-corrected chi connectivity index (χ3v) is 4.76. The molecule has 6 nitrogen and oxygen atoms in total. The van der Waals surface area contributed by atoms with Crippen LogP contribution in [0, 0.1) is 6.92 Å². The minimum absolute atomic E-state index is 0.0337. The minimum Gasteiger partial charge on any atom is -0.461 e. The number of morpholine rings is 1. The molecule has 1 saturated heterocycles. The summed E-state index contributed by atoms with van der Waals surface area (Å²) in [6.07, 6.45) is 3.43. The van der Waals surface area contributed by atoms with Crippen LogP contribution in [0.15, 0.2) is 11.8 Å². The number of nitrogens with zero attached hydrogens (tertiary/aromatic N) is 2. The summed E-state index contributed by atoms with van der Waals surface area (Å²) in [5.74, 6) is -0.329. The molecular weight excluding hydrogens is 308 g/mol. The van der Waals surface area contributed by atoms with Crippen LogP contribution >= 0.6 is 0 Å². The summed E-state index contributed by atoms with van der Waals surface area (Å²) in [6.45, 7) is 6.95. The molecule has 1 aromatic rings. The molecule has 0 aromatic carbocycles. The van der Waals surface area contributed by atoms with Crippen molar-refractivity contribution in [2.24, 2.45) is 7.05 Å². The Hall–Kier alpha value is -2.08. The number of esters is 1. The number of Topliss-reactive ketones (excluding diaryl/α,β-unsaturated/α-hetero) is 1. The SMILES string of the molecule is CCOC(=O)c1c(C)c2c(n1C)CC/C(=C/N1CCOCC1)C2=O. The molecule has 0 spiro atoms. The van der Waals surface area contributed by atoms with Gasteiger partial charge in [-0.3, -0.25) is 4.79 Å². The third-order valence-electron chi connectivity index (χ3n) is 4.76. The zero-order chi connectivity index (χ0) is 17.3. The molecular formula is C18H24N2O4. The van der Waals surface area contributed by atoms with E-state index in [9.17, 15) is 9.59 Å². The smallest absolute Gasteiger partial charge is 0.355 e. The van der Waals surface area contributed by atoms with E-state index in [-0.39, 0.29) is 11.8 Å². The molecule has 6 heteroatoms. The first-order chi connectivity index (χ1) is 11.5. The Morgan fingerprint density at radius 2 is 2.00 bits per heavy atom. The lowest BCUT2D eigenvalue weighted by molar-refractivity contribution is 0.0514. The highest BCUT2D eigenvalue weighted by molar-refractivity contribution is 6.13. The first-order valence-electron chi connectivity index (χ1n) is 8.47. The van der Waals surface area contributed by atoms with Gasteiger partial charge >= 0.3 is 5.97 Å². The first kappa shape index (κ1) is 16.8. The molecule has 1 aliphatic carbocycles. The van der Waals surface area contributed by atoms with E-state index < -0.39 is 0 Å². The lowest BCUT2D eigenvalue weighted by Gasteiger charge is -2.27. The summed E-state index contributed by atoms with van der Waals surface area (Å²) in [5.41, 5.74) is 3.63. The van der Waals surface area contributed by atoms with Crippen LogP contribution in [-0.4, -0.2) is 54.1 Å². The largest absolute Gasteiger partial charge is 0.461 e. The number of allylic oxidation sites excluding steroid dienone is 1. The fourth-order valence-electron chi connectivity index (χ4n) is 3.55. The molecule has 3 rings (SSSR count). The van der Waals surface area contributed by atoms with Gasteiger partial charge in [0.25, 0.3) is 0 Å². The number of aromatic nitrogens is 1. The molecule has 0 unspecified atom stereocenters. The highest BCUT2D eigenvalue weighted by atomic mass is 16.5. The first-order valence-corrected chi connectivity index (χ1v) is 8.47. The lowest BCUT2D eigenvalue weighted by Crippen LogP contribution is -2.33. The summed E-state index contributed by atoms with van der Waals surface area (Å²) in [6, 6.07) is 0. The fraction of sp³-hybridized carbons (Fsp3) is 0.556. The van der Waals surface area contributed by atoms with Crippen molar-refractivity contribution in [1.82, 2.24) is 9.47 Å². The maximum Gasteiger partial charge on any atom is 0.355 e. The van der Waals surface area contributed by atoms with Gasteiger partial charge in [-0.2, -0.15) is 0 Å². The number of rotatable bonds is 3. The van der Waals surface area contributed by atoms with Crippen molar-refractivity contribution in [3.8, 4) is 0 Å². The summed E-state index contributed by atoms with van der Waals surface area (Å²) in [5, 5.41) is 0. The lowest BCUT2D eigenvalue weighted by atomic mass is 9.89. The van der Waals surface area contributed by atoms with Gasteiger partial charge in [-0.05, 0) is 32.3 Å². The highest BCUT2D eigenvalue weighted by Crippen LogP contribution is 2.32. The molecule has 0 radical (unpaired) electrons. The van der Waals surface area contributed by atoms with Gasteiger partial charge in [0.15, 0.2) is 5.78 Å². The number of hydrogen-bond donors (Lipinski definition) is 0. The molecule has 24 heavy (non-hydrogen) atoms. The predicted octanol–water partition coefficient (Wildman–Crippen LogP) is 1.86. The van der Waals surface area contributed by atoms with E-state index in [1.807, 2.05) is 24.7 Å². The topological polar surface area (TPSA) is 60.8 Å². The van der Waals surface area contributed by atoms with Gasteiger partial charge in [-0.15, -0.1) is 0 Å². The van der Waals surface area contributed by atoms with E-state index in [1.54, 1.807) is 6.92 Å². The quantitative estimate of drug-likeness (QED) is 0.624. The van der Waals surface area contributed by atoms with Gasteiger partial charge in [0.05, 0.1) is 19.8 Å². The molecule has 0 bridgehead atoms. The van der Waals surface area contributed by atoms with Crippen molar-refractivity contribution in [3.63, 3.8) is 0 Å². The molecule has 0 saturated carbocycles. The number of fused-ring (bicyclic) bond motifs is 1. The van der Waals surface area contributed by atoms with Crippen molar-refractivity contribution in [2.75, 3.05) is 32.9 Å². The summed E-state index contributed by atoms with van der Waals surface area (Å²) >= 11 is 0. The Balaban J connectivity index is 1.94. The Morgan fingerprint density at radius 1 is 1.29 bits per heavy atom. The molecule has 1 fully saturated rings. The number of carbonyl (C=O) groups is 2. The van der Waals surface area contributed by atoms with E-state index in [2.05, 4.69) is 4.90 Å². The second kappa shape index (κ2) is 6.81. The van der Waals surface area contributed by atoms with Crippen LogP contribution in [0.5, 0.6) is 0 Å². The maximum absolute atomic E-state index is 13.0. The fourth-order valence-corrected chi connectivity index (χ4v) is 3.55. The number of carbonyl (C=O) groups excluding carboxylic acids is 2. The van der Waals surface area contributed by atoms with E-state index >= 15 is 0 Å². The van der Waals surface area contributed by atoms with E-state index in [0.29, 0.717) is 37.5 Å². The van der Waals surface area contributed by atoms with Gasteiger partial charge < -0.3 is 18.9 Å². The van der Waals surface area contributed by atoms with Gasteiger partial charge in [0.1, 0.15) is 5.69 Å². The van der Waals surface area contributed by atoms with Crippen LogP contribution in [-0.2, 0) is 22.9 Å². The van der Waals surface area contributed by atoms with Crippen LogP contribution in [0.1, 0.15) is 45.4 Å². The standard InChI is InChI=1S/C18H24N2O4/c1-4-24-18(22)16-12(2)15-14(19(16)3)6-5-13(17(15)21)11-20-7-9-23-10-8-20/h11H,4-10H2,1-3H3/b13-11-. The minimum atomic E-state index is -0.363. The second-order valence-electron chi connectivity index (χ2n) is 6.21. The molecule has 1 aliphatic heterocycles. The van der Waals surface area contributed by atoms with E-state index in [0.717, 1.165) is 36.3 Å². The Labute approximate surface area is 142 Å².